The number of hydrogen-bond acceptors (Lipinski definition) is 4. The Morgan fingerprint density at radius 1 is 1.57 bits per heavy atom. The second-order valence-electron chi connectivity index (χ2n) is 5.78. The summed E-state index contributed by atoms with van der Waals surface area (Å²) in [4.78, 5) is 28.0. The lowest BCUT2D eigenvalue weighted by Crippen LogP contribution is -2.56. The van der Waals surface area contributed by atoms with Crippen molar-refractivity contribution < 1.29 is 14.7 Å². The predicted octanol–water partition coefficient (Wildman–Crippen LogP) is 1.30. The van der Waals surface area contributed by atoms with Gasteiger partial charge in [-0.05, 0) is 30.9 Å². The normalized spacial score (nSPS) is 25.3. The summed E-state index contributed by atoms with van der Waals surface area (Å²) in [5.41, 5.74) is 5.34. The van der Waals surface area contributed by atoms with Crippen LogP contribution in [0.1, 0.15) is 48.7 Å². The highest BCUT2D eigenvalue weighted by Gasteiger charge is 2.43. The summed E-state index contributed by atoms with van der Waals surface area (Å²) in [6.07, 6.45) is 4.24. The Bertz CT molecular complexity index is 547. The number of nitrogens with zero attached hydrogens (tertiary/aromatic N) is 1. The van der Waals surface area contributed by atoms with Crippen LogP contribution in [0.25, 0.3) is 0 Å². The molecule has 1 saturated carbocycles. The first kappa shape index (κ1) is 15.4. The SMILES string of the molecule is CC1CCCC(NC(=O)c2ccnc(CN)c2)(C(=O)O)C1. The summed E-state index contributed by atoms with van der Waals surface area (Å²) in [5, 5.41) is 12.3. The van der Waals surface area contributed by atoms with Gasteiger partial charge in [-0.1, -0.05) is 19.8 Å². The van der Waals surface area contributed by atoms with Gasteiger partial charge < -0.3 is 16.2 Å². The molecule has 0 bridgehead atoms. The summed E-state index contributed by atoms with van der Waals surface area (Å²) in [6.45, 7) is 2.25. The van der Waals surface area contributed by atoms with Crippen molar-refractivity contribution in [3.05, 3.63) is 29.6 Å². The van der Waals surface area contributed by atoms with Crippen molar-refractivity contribution in [3.63, 3.8) is 0 Å². The van der Waals surface area contributed by atoms with Gasteiger partial charge in [-0.3, -0.25) is 9.78 Å². The van der Waals surface area contributed by atoms with Crippen molar-refractivity contribution in [3.8, 4) is 0 Å². The first-order valence-electron chi connectivity index (χ1n) is 7.18. The lowest BCUT2D eigenvalue weighted by Gasteiger charge is -2.37. The van der Waals surface area contributed by atoms with Gasteiger partial charge in [0.25, 0.3) is 5.91 Å². The van der Waals surface area contributed by atoms with E-state index in [9.17, 15) is 14.7 Å². The summed E-state index contributed by atoms with van der Waals surface area (Å²) < 4.78 is 0. The molecular formula is C15H21N3O3. The molecule has 1 fully saturated rings. The van der Waals surface area contributed by atoms with Crippen LogP contribution in [0.5, 0.6) is 0 Å². The van der Waals surface area contributed by atoms with Crippen LogP contribution in [0.4, 0.5) is 0 Å². The third kappa shape index (κ3) is 3.39. The summed E-state index contributed by atoms with van der Waals surface area (Å²) in [6, 6.07) is 3.16. The number of hydrogen-bond donors (Lipinski definition) is 3. The molecule has 1 aliphatic rings. The van der Waals surface area contributed by atoms with E-state index >= 15 is 0 Å². The van der Waals surface area contributed by atoms with Crippen LogP contribution in [0.2, 0.25) is 0 Å². The number of amides is 1. The minimum atomic E-state index is -1.17. The van der Waals surface area contributed by atoms with E-state index < -0.39 is 11.5 Å². The van der Waals surface area contributed by atoms with Gasteiger partial charge in [0.1, 0.15) is 5.54 Å². The van der Waals surface area contributed by atoms with Crippen molar-refractivity contribution in [2.45, 2.75) is 44.7 Å². The van der Waals surface area contributed by atoms with Gasteiger partial charge in [0.2, 0.25) is 0 Å². The molecule has 1 amide bonds. The maximum atomic E-state index is 12.4. The second-order valence-corrected chi connectivity index (χ2v) is 5.78. The Hall–Kier alpha value is -1.95. The largest absolute Gasteiger partial charge is 0.480 e. The minimum Gasteiger partial charge on any atom is -0.480 e. The maximum Gasteiger partial charge on any atom is 0.329 e. The highest BCUT2D eigenvalue weighted by molar-refractivity contribution is 5.97. The molecule has 0 radical (unpaired) electrons. The molecular weight excluding hydrogens is 270 g/mol. The molecule has 6 heteroatoms. The molecule has 0 aliphatic heterocycles. The van der Waals surface area contributed by atoms with Crippen molar-refractivity contribution in [1.82, 2.24) is 10.3 Å². The Labute approximate surface area is 123 Å². The van der Waals surface area contributed by atoms with Crippen molar-refractivity contribution in [1.29, 1.82) is 0 Å². The van der Waals surface area contributed by atoms with Gasteiger partial charge in [0, 0.05) is 18.3 Å². The van der Waals surface area contributed by atoms with Gasteiger partial charge in [-0.25, -0.2) is 4.79 Å². The zero-order valence-electron chi connectivity index (χ0n) is 12.1. The molecule has 114 valence electrons. The summed E-state index contributed by atoms with van der Waals surface area (Å²) >= 11 is 0. The molecule has 2 atom stereocenters. The maximum absolute atomic E-state index is 12.4. The highest BCUT2D eigenvalue weighted by Crippen LogP contribution is 2.32. The quantitative estimate of drug-likeness (QED) is 0.775. The fourth-order valence-electron chi connectivity index (χ4n) is 2.93. The van der Waals surface area contributed by atoms with E-state index in [0.717, 1.165) is 12.8 Å². The number of aromatic nitrogens is 1. The average Bonchev–Trinajstić information content (AvgIpc) is 2.47. The lowest BCUT2D eigenvalue weighted by atomic mass is 9.76. The Morgan fingerprint density at radius 2 is 2.33 bits per heavy atom. The minimum absolute atomic E-state index is 0.238. The van der Waals surface area contributed by atoms with E-state index in [1.807, 2.05) is 6.92 Å². The van der Waals surface area contributed by atoms with Crippen LogP contribution in [-0.2, 0) is 11.3 Å². The third-order valence-electron chi connectivity index (χ3n) is 4.05. The molecule has 6 nitrogen and oxygen atoms in total. The van der Waals surface area contributed by atoms with Crippen LogP contribution in [0.15, 0.2) is 18.3 Å². The van der Waals surface area contributed by atoms with Crippen LogP contribution >= 0.6 is 0 Å². The molecule has 2 rings (SSSR count). The monoisotopic (exact) mass is 291 g/mol. The van der Waals surface area contributed by atoms with Gasteiger partial charge in [-0.2, -0.15) is 0 Å². The first-order valence-corrected chi connectivity index (χ1v) is 7.18. The number of pyridine rings is 1. The molecule has 0 aromatic carbocycles. The molecule has 1 aromatic heterocycles. The van der Waals surface area contributed by atoms with Crippen LogP contribution in [0.3, 0.4) is 0 Å². The lowest BCUT2D eigenvalue weighted by molar-refractivity contribution is -0.146. The Morgan fingerprint density at radius 3 is 2.95 bits per heavy atom. The fraction of sp³-hybridized carbons (Fsp3) is 0.533. The van der Waals surface area contributed by atoms with Gasteiger partial charge in [-0.15, -0.1) is 0 Å². The molecule has 1 aliphatic carbocycles. The zero-order valence-corrected chi connectivity index (χ0v) is 12.1. The Balaban J connectivity index is 2.20. The summed E-state index contributed by atoms with van der Waals surface area (Å²) in [7, 11) is 0. The van der Waals surface area contributed by atoms with Crippen LogP contribution in [-0.4, -0.2) is 27.5 Å². The van der Waals surface area contributed by atoms with Crippen LogP contribution in [0, 0.1) is 5.92 Å². The molecule has 4 N–H and O–H groups in total. The number of carbonyl (C=O) groups is 2. The van der Waals surface area contributed by atoms with Gasteiger partial charge >= 0.3 is 5.97 Å². The first-order chi connectivity index (χ1) is 9.97. The number of carboxylic acid groups (broad SMARTS) is 1. The number of rotatable bonds is 4. The molecule has 0 saturated heterocycles. The highest BCUT2D eigenvalue weighted by atomic mass is 16.4. The standard InChI is InChI=1S/C15H21N3O3/c1-10-3-2-5-15(8-10,14(20)21)18-13(19)11-4-6-17-12(7-11)9-16/h4,6-7,10H,2-3,5,8-9,16H2,1H3,(H,18,19)(H,20,21). The Kier molecular flexibility index (Phi) is 4.57. The van der Waals surface area contributed by atoms with Crippen molar-refractivity contribution in [2.24, 2.45) is 11.7 Å². The second kappa shape index (κ2) is 6.22. The van der Waals surface area contributed by atoms with E-state index in [4.69, 9.17) is 5.73 Å². The van der Waals surface area contributed by atoms with E-state index in [1.165, 1.54) is 6.20 Å². The van der Waals surface area contributed by atoms with Crippen molar-refractivity contribution >= 4 is 11.9 Å². The van der Waals surface area contributed by atoms with E-state index in [2.05, 4.69) is 10.3 Å². The van der Waals surface area contributed by atoms with Crippen molar-refractivity contribution in [2.75, 3.05) is 0 Å². The molecule has 1 heterocycles. The topological polar surface area (TPSA) is 105 Å². The predicted molar refractivity (Wildman–Crippen MR) is 77.6 cm³/mol. The molecule has 2 unspecified atom stereocenters. The third-order valence-corrected chi connectivity index (χ3v) is 4.05. The van der Waals surface area contributed by atoms with E-state index in [-0.39, 0.29) is 18.4 Å². The molecule has 21 heavy (non-hydrogen) atoms. The number of carbonyl (C=O) groups excluding carboxylic acids is 1. The molecule has 0 spiro atoms. The zero-order chi connectivity index (χ0) is 15.5. The van der Waals surface area contributed by atoms with Gasteiger partial charge in [0.05, 0.1) is 5.69 Å². The van der Waals surface area contributed by atoms with E-state index in [0.29, 0.717) is 24.1 Å². The van der Waals surface area contributed by atoms with Gasteiger partial charge in [0.15, 0.2) is 0 Å². The average molecular weight is 291 g/mol. The smallest absolute Gasteiger partial charge is 0.329 e. The van der Waals surface area contributed by atoms with Crippen LogP contribution < -0.4 is 11.1 Å². The van der Waals surface area contributed by atoms with E-state index in [1.54, 1.807) is 12.1 Å². The number of aliphatic carboxylic acids is 1. The number of nitrogens with one attached hydrogen (secondary N) is 1. The number of nitrogens with two attached hydrogens (primary N) is 1. The summed E-state index contributed by atoms with van der Waals surface area (Å²) in [5.74, 6) is -1.06. The fourth-order valence-corrected chi connectivity index (χ4v) is 2.93. The molecule has 1 aromatic rings. The number of carboxylic acids is 1.